The Bertz CT molecular complexity index is 186. The first-order valence-electron chi connectivity index (χ1n) is 4.38. The van der Waals surface area contributed by atoms with Crippen LogP contribution in [0.4, 0.5) is 13.2 Å². The SMILES string of the molecule is CC1(O)CN(CCOCC(F)(F)F)C1. The van der Waals surface area contributed by atoms with Crippen molar-refractivity contribution >= 4 is 0 Å². The number of alkyl halides is 3. The third-order valence-electron chi connectivity index (χ3n) is 1.95. The Balaban J connectivity index is 1.96. The van der Waals surface area contributed by atoms with E-state index in [9.17, 15) is 18.3 Å². The Morgan fingerprint density at radius 1 is 1.43 bits per heavy atom. The minimum Gasteiger partial charge on any atom is -0.388 e. The van der Waals surface area contributed by atoms with E-state index in [1.54, 1.807) is 6.92 Å². The zero-order valence-electron chi connectivity index (χ0n) is 7.97. The second-order valence-corrected chi connectivity index (χ2v) is 3.88. The van der Waals surface area contributed by atoms with E-state index in [4.69, 9.17) is 0 Å². The fourth-order valence-corrected chi connectivity index (χ4v) is 1.46. The molecule has 0 aromatic rings. The van der Waals surface area contributed by atoms with Gasteiger partial charge in [-0.15, -0.1) is 0 Å². The van der Waals surface area contributed by atoms with Gasteiger partial charge in [-0.1, -0.05) is 0 Å². The van der Waals surface area contributed by atoms with Gasteiger partial charge in [0, 0.05) is 19.6 Å². The Hall–Kier alpha value is -0.330. The number of aliphatic hydroxyl groups is 1. The lowest BCUT2D eigenvalue weighted by molar-refractivity contribution is -0.177. The summed E-state index contributed by atoms with van der Waals surface area (Å²) in [5, 5.41) is 9.31. The minimum atomic E-state index is -4.25. The number of hydrogen-bond donors (Lipinski definition) is 1. The number of nitrogens with zero attached hydrogens (tertiary/aromatic N) is 1. The van der Waals surface area contributed by atoms with Gasteiger partial charge in [0.15, 0.2) is 0 Å². The molecule has 0 radical (unpaired) electrons. The van der Waals surface area contributed by atoms with Crippen LogP contribution in [0.3, 0.4) is 0 Å². The van der Waals surface area contributed by atoms with Gasteiger partial charge in [0.25, 0.3) is 0 Å². The van der Waals surface area contributed by atoms with Crippen LogP contribution in [0.25, 0.3) is 0 Å². The number of hydrogen-bond acceptors (Lipinski definition) is 3. The van der Waals surface area contributed by atoms with E-state index in [1.807, 2.05) is 4.90 Å². The monoisotopic (exact) mass is 213 g/mol. The van der Waals surface area contributed by atoms with Gasteiger partial charge in [0.2, 0.25) is 0 Å². The van der Waals surface area contributed by atoms with E-state index in [2.05, 4.69) is 4.74 Å². The zero-order chi connectivity index (χ0) is 10.8. The van der Waals surface area contributed by atoms with Crippen LogP contribution in [-0.2, 0) is 4.74 Å². The van der Waals surface area contributed by atoms with Crippen LogP contribution < -0.4 is 0 Å². The van der Waals surface area contributed by atoms with Gasteiger partial charge in [-0.25, -0.2) is 0 Å². The van der Waals surface area contributed by atoms with E-state index in [1.165, 1.54) is 0 Å². The highest BCUT2D eigenvalue weighted by molar-refractivity contribution is 4.90. The Morgan fingerprint density at radius 2 is 2.00 bits per heavy atom. The van der Waals surface area contributed by atoms with E-state index in [0.717, 1.165) is 0 Å². The first kappa shape index (κ1) is 11.7. The molecule has 0 atom stereocenters. The van der Waals surface area contributed by atoms with Crippen molar-refractivity contribution in [3.63, 3.8) is 0 Å². The summed E-state index contributed by atoms with van der Waals surface area (Å²) in [6, 6.07) is 0. The molecular formula is C8H14F3NO2. The number of likely N-dealkylation sites (tertiary alicyclic amines) is 1. The second kappa shape index (κ2) is 4.04. The molecule has 0 unspecified atom stereocenters. The molecule has 1 heterocycles. The van der Waals surface area contributed by atoms with Crippen LogP contribution in [0.1, 0.15) is 6.92 Å². The summed E-state index contributed by atoms with van der Waals surface area (Å²) < 4.78 is 39.3. The molecule has 1 fully saturated rings. The van der Waals surface area contributed by atoms with Crippen molar-refractivity contribution in [2.24, 2.45) is 0 Å². The molecule has 1 rings (SSSR count). The van der Waals surface area contributed by atoms with Gasteiger partial charge >= 0.3 is 6.18 Å². The average molecular weight is 213 g/mol. The van der Waals surface area contributed by atoms with E-state index >= 15 is 0 Å². The quantitative estimate of drug-likeness (QED) is 0.695. The van der Waals surface area contributed by atoms with Gasteiger partial charge < -0.3 is 9.84 Å². The third-order valence-corrected chi connectivity index (χ3v) is 1.95. The molecule has 0 aromatic heterocycles. The van der Waals surface area contributed by atoms with Gasteiger partial charge in [0.1, 0.15) is 6.61 Å². The molecule has 84 valence electrons. The van der Waals surface area contributed by atoms with Gasteiger partial charge in [-0.3, -0.25) is 4.90 Å². The van der Waals surface area contributed by atoms with Crippen LogP contribution in [0.5, 0.6) is 0 Å². The molecule has 0 bridgehead atoms. The molecular weight excluding hydrogens is 199 g/mol. The molecule has 0 spiro atoms. The van der Waals surface area contributed by atoms with Crippen molar-refractivity contribution in [2.45, 2.75) is 18.7 Å². The molecule has 3 nitrogen and oxygen atoms in total. The zero-order valence-corrected chi connectivity index (χ0v) is 7.97. The molecule has 1 N–H and O–H groups in total. The van der Waals surface area contributed by atoms with E-state index in [0.29, 0.717) is 19.6 Å². The molecule has 0 aliphatic carbocycles. The lowest BCUT2D eigenvalue weighted by Gasteiger charge is -2.44. The first-order valence-corrected chi connectivity index (χ1v) is 4.38. The largest absolute Gasteiger partial charge is 0.411 e. The molecule has 1 aliphatic heterocycles. The highest BCUT2D eigenvalue weighted by Gasteiger charge is 2.36. The van der Waals surface area contributed by atoms with E-state index in [-0.39, 0.29) is 6.61 Å². The number of β-amino-alcohol motifs (C(OH)–C–C–N with tert-alkyl or cyclic N) is 1. The van der Waals surface area contributed by atoms with Crippen molar-refractivity contribution in [1.29, 1.82) is 0 Å². The smallest absolute Gasteiger partial charge is 0.388 e. The van der Waals surface area contributed by atoms with Crippen LogP contribution >= 0.6 is 0 Å². The molecule has 6 heteroatoms. The lowest BCUT2D eigenvalue weighted by atomic mass is 9.97. The summed E-state index contributed by atoms with van der Waals surface area (Å²) in [6.07, 6.45) is -4.25. The standard InChI is InChI=1S/C8H14F3NO2/c1-7(13)4-12(5-7)2-3-14-6-8(9,10)11/h13H,2-6H2,1H3. The van der Waals surface area contributed by atoms with Gasteiger partial charge in [-0.05, 0) is 6.92 Å². The maximum atomic E-state index is 11.6. The van der Waals surface area contributed by atoms with Crippen LogP contribution in [0.15, 0.2) is 0 Å². The minimum absolute atomic E-state index is 0.0512. The predicted molar refractivity (Wildman–Crippen MR) is 43.9 cm³/mol. The van der Waals surface area contributed by atoms with Crippen LogP contribution in [-0.4, -0.2) is 54.6 Å². The highest BCUT2D eigenvalue weighted by Crippen LogP contribution is 2.19. The number of halogens is 3. The summed E-state index contributed by atoms with van der Waals surface area (Å²) in [7, 11) is 0. The van der Waals surface area contributed by atoms with Gasteiger partial charge in [0.05, 0.1) is 12.2 Å². The summed E-state index contributed by atoms with van der Waals surface area (Å²) in [5.41, 5.74) is -0.677. The fourth-order valence-electron chi connectivity index (χ4n) is 1.46. The Kier molecular flexibility index (Phi) is 3.39. The molecule has 0 saturated carbocycles. The van der Waals surface area contributed by atoms with Crippen molar-refractivity contribution in [3.05, 3.63) is 0 Å². The van der Waals surface area contributed by atoms with Crippen molar-refractivity contribution in [1.82, 2.24) is 4.90 Å². The van der Waals surface area contributed by atoms with Crippen molar-refractivity contribution < 1.29 is 23.0 Å². The summed E-state index contributed by atoms with van der Waals surface area (Å²) in [6.45, 7) is 1.99. The second-order valence-electron chi connectivity index (χ2n) is 3.88. The summed E-state index contributed by atoms with van der Waals surface area (Å²) in [5.74, 6) is 0. The Labute approximate surface area is 80.5 Å². The van der Waals surface area contributed by atoms with E-state index < -0.39 is 18.4 Å². The predicted octanol–water partition coefficient (Wildman–Crippen LogP) is 0.632. The third kappa shape index (κ3) is 4.26. The Morgan fingerprint density at radius 3 is 2.43 bits per heavy atom. The first-order chi connectivity index (χ1) is 6.29. The van der Waals surface area contributed by atoms with Crippen molar-refractivity contribution in [2.75, 3.05) is 32.8 Å². The number of rotatable bonds is 4. The molecule has 1 saturated heterocycles. The lowest BCUT2D eigenvalue weighted by Crippen LogP contribution is -2.60. The molecule has 14 heavy (non-hydrogen) atoms. The summed E-state index contributed by atoms with van der Waals surface area (Å²) >= 11 is 0. The average Bonchev–Trinajstić information content (AvgIpc) is 1.92. The molecule has 1 aliphatic rings. The highest BCUT2D eigenvalue weighted by atomic mass is 19.4. The van der Waals surface area contributed by atoms with Crippen LogP contribution in [0.2, 0.25) is 0 Å². The normalized spacial score (nSPS) is 22.1. The maximum absolute atomic E-state index is 11.6. The summed E-state index contributed by atoms with van der Waals surface area (Å²) in [4.78, 5) is 1.84. The fraction of sp³-hybridized carbons (Fsp3) is 1.00. The van der Waals surface area contributed by atoms with Crippen LogP contribution in [0, 0.1) is 0 Å². The van der Waals surface area contributed by atoms with Crippen molar-refractivity contribution in [3.8, 4) is 0 Å². The topological polar surface area (TPSA) is 32.7 Å². The molecule has 0 amide bonds. The maximum Gasteiger partial charge on any atom is 0.411 e. The molecule has 0 aromatic carbocycles. The number of ether oxygens (including phenoxy) is 1. The van der Waals surface area contributed by atoms with Gasteiger partial charge in [-0.2, -0.15) is 13.2 Å².